The third-order valence-corrected chi connectivity index (χ3v) is 7.24. The zero-order valence-corrected chi connectivity index (χ0v) is 18.1. The Kier molecular flexibility index (Phi) is 4.65. The average molecular weight is 450 g/mol. The lowest BCUT2D eigenvalue weighted by atomic mass is 10.1. The lowest BCUT2D eigenvalue weighted by Crippen LogP contribution is -2.47. The largest absolute Gasteiger partial charge is 0.507 e. The number of rotatable bonds is 5. The van der Waals surface area contributed by atoms with Gasteiger partial charge in [0.2, 0.25) is 10.0 Å². The SMILES string of the molecule is [2H]C([2H])([2H])N1CCN(S(=O)(=O)c2ccc(O)c(-c3nc4c(CCC)nn(C)c4c(=O)[nH]3)c2)CC1. The molecule has 166 valence electrons. The maximum Gasteiger partial charge on any atom is 0.277 e. The fraction of sp³-hybridized carbons (Fsp3) is 0.450. The Morgan fingerprint density at radius 2 is 2.00 bits per heavy atom. The number of phenols is 1. The highest BCUT2D eigenvalue weighted by Crippen LogP contribution is 2.31. The van der Waals surface area contributed by atoms with E-state index < -0.39 is 22.6 Å². The molecular formula is C20H26N6O4S. The minimum Gasteiger partial charge on any atom is -0.507 e. The summed E-state index contributed by atoms with van der Waals surface area (Å²) in [7, 11) is -2.32. The molecule has 1 aliphatic heterocycles. The summed E-state index contributed by atoms with van der Waals surface area (Å²) in [4.78, 5) is 21.0. The molecule has 0 amide bonds. The number of hydrogen-bond acceptors (Lipinski definition) is 7. The number of phenolic OH excluding ortho intramolecular Hbond substituents is 1. The van der Waals surface area contributed by atoms with Gasteiger partial charge in [0, 0.05) is 37.3 Å². The Bertz CT molecular complexity index is 1390. The predicted octanol–water partition coefficient (Wildman–Crippen LogP) is 0.918. The number of nitrogens with one attached hydrogen (secondary N) is 1. The van der Waals surface area contributed by atoms with E-state index in [1.54, 1.807) is 7.05 Å². The van der Waals surface area contributed by atoms with Crippen molar-refractivity contribution >= 4 is 21.1 Å². The second-order valence-electron chi connectivity index (χ2n) is 7.50. The first-order valence-electron chi connectivity index (χ1n) is 11.5. The van der Waals surface area contributed by atoms with Gasteiger partial charge < -0.3 is 15.0 Å². The number of sulfonamides is 1. The molecular weight excluding hydrogens is 420 g/mol. The maximum atomic E-state index is 13.2. The number of hydrogen-bond donors (Lipinski definition) is 2. The summed E-state index contributed by atoms with van der Waals surface area (Å²) in [6.07, 6.45) is 1.40. The highest BCUT2D eigenvalue weighted by Gasteiger charge is 2.28. The molecule has 1 aromatic carbocycles. The fourth-order valence-electron chi connectivity index (χ4n) is 3.72. The number of aromatic nitrogens is 4. The van der Waals surface area contributed by atoms with Gasteiger partial charge in [0.1, 0.15) is 17.1 Å². The summed E-state index contributed by atoms with van der Waals surface area (Å²) in [6, 6.07) is 3.77. The van der Waals surface area contributed by atoms with Crippen molar-refractivity contribution in [3.8, 4) is 17.1 Å². The van der Waals surface area contributed by atoms with Crippen LogP contribution in [0, 0.1) is 0 Å². The van der Waals surface area contributed by atoms with Gasteiger partial charge in [0.15, 0.2) is 5.52 Å². The molecule has 0 spiro atoms. The van der Waals surface area contributed by atoms with Crippen LogP contribution >= 0.6 is 0 Å². The van der Waals surface area contributed by atoms with Crippen molar-refractivity contribution in [3.63, 3.8) is 0 Å². The van der Waals surface area contributed by atoms with Crippen LogP contribution in [0.1, 0.15) is 23.2 Å². The van der Waals surface area contributed by atoms with Crippen LogP contribution in [0.3, 0.4) is 0 Å². The molecule has 1 fully saturated rings. The average Bonchev–Trinajstić information content (AvgIpc) is 3.09. The third-order valence-electron chi connectivity index (χ3n) is 5.35. The molecule has 1 saturated heterocycles. The van der Waals surface area contributed by atoms with Crippen LogP contribution in [0.15, 0.2) is 27.9 Å². The van der Waals surface area contributed by atoms with Crippen molar-refractivity contribution < 1.29 is 17.6 Å². The highest BCUT2D eigenvalue weighted by molar-refractivity contribution is 7.89. The quantitative estimate of drug-likeness (QED) is 0.593. The van der Waals surface area contributed by atoms with Crippen LogP contribution in [0.2, 0.25) is 0 Å². The van der Waals surface area contributed by atoms with E-state index in [4.69, 9.17) is 4.11 Å². The molecule has 0 bridgehead atoms. The van der Waals surface area contributed by atoms with Crippen LogP contribution in [0.4, 0.5) is 0 Å². The first kappa shape index (κ1) is 17.9. The van der Waals surface area contributed by atoms with Gasteiger partial charge in [-0.15, -0.1) is 0 Å². The molecule has 2 aromatic heterocycles. The Hall–Kier alpha value is -2.76. The lowest BCUT2D eigenvalue weighted by Gasteiger charge is -2.31. The van der Waals surface area contributed by atoms with Gasteiger partial charge in [0.25, 0.3) is 5.56 Å². The summed E-state index contributed by atoms with van der Waals surface area (Å²) in [5.41, 5.74) is 0.945. The summed E-state index contributed by atoms with van der Waals surface area (Å²) in [5, 5.41) is 14.8. The summed E-state index contributed by atoms with van der Waals surface area (Å²) >= 11 is 0. The Labute approximate surface area is 184 Å². The van der Waals surface area contributed by atoms with Crippen molar-refractivity contribution in [2.24, 2.45) is 7.05 Å². The van der Waals surface area contributed by atoms with Gasteiger partial charge in [-0.1, -0.05) is 13.3 Å². The maximum absolute atomic E-state index is 13.2. The Morgan fingerprint density at radius 3 is 2.68 bits per heavy atom. The molecule has 3 heterocycles. The molecule has 3 aromatic rings. The van der Waals surface area contributed by atoms with Gasteiger partial charge in [-0.25, -0.2) is 13.4 Å². The van der Waals surface area contributed by atoms with Crippen LogP contribution in [-0.2, 0) is 23.5 Å². The Balaban J connectivity index is 1.73. The molecule has 11 heteroatoms. The minimum absolute atomic E-state index is 0.0219. The van der Waals surface area contributed by atoms with Crippen LogP contribution in [0.25, 0.3) is 22.4 Å². The number of nitrogens with zero attached hydrogens (tertiary/aromatic N) is 5. The van der Waals surface area contributed by atoms with Crippen molar-refractivity contribution in [2.75, 3.05) is 33.2 Å². The lowest BCUT2D eigenvalue weighted by molar-refractivity contribution is 0.222. The molecule has 10 nitrogen and oxygen atoms in total. The molecule has 0 atom stereocenters. The first-order chi connectivity index (χ1) is 15.9. The van der Waals surface area contributed by atoms with Crippen LogP contribution < -0.4 is 5.56 Å². The fourth-order valence-corrected chi connectivity index (χ4v) is 5.17. The van der Waals surface area contributed by atoms with Crippen LogP contribution in [0.5, 0.6) is 5.75 Å². The van der Waals surface area contributed by atoms with Gasteiger partial charge in [-0.3, -0.25) is 9.48 Å². The van der Waals surface area contributed by atoms with E-state index in [1.807, 2.05) is 6.92 Å². The number of likely N-dealkylation sites (N-methyl/N-ethyl adjacent to an activating group) is 1. The number of aromatic amines is 1. The van der Waals surface area contributed by atoms with Crippen molar-refractivity contribution in [3.05, 3.63) is 34.2 Å². The number of H-pyrrole nitrogens is 1. The highest BCUT2D eigenvalue weighted by atomic mass is 32.2. The predicted molar refractivity (Wildman–Crippen MR) is 116 cm³/mol. The zero-order chi connectivity index (χ0) is 24.8. The number of piperazine rings is 1. The van der Waals surface area contributed by atoms with Gasteiger partial charge in [-0.2, -0.15) is 9.40 Å². The first-order valence-corrected chi connectivity index (χ1v) is 11.4. The topological polar surface area (TPSA) is 124 Å². The molecule has 1 aliphatic rings. The van der Waals surface area contributed by atoms with Crippen LogP contribution in [-0.4, -0.2) is 75.6 Å². The number of benzene rings is 1. The van der Waals surface area contributed by atoms with E-state index in [-0.39, 0.29) is 48.2 Å². The van der Waals surface area contributed by atoms with E-state index in [0.717, 1.165) is 6.42 Å². The third kappa shape index (κ3) is 3.84. The van der Waals surface area contributed by atoms with E-state index >= 15 is 0 Å². The second-order valence-corrected chi connectivity index (χ2v) is 9.44. The second kappa shape index (κ2) is 8.06. The van der Waals surface area contributed by atoms with E-state index in [1.165, 1.54) is 32.1 Å². The number of aromatic hydroxyl groups is 1. The van der Waals surface area contributed by atoms with E-state index in [9.17, 15) is 18.3 Å². The molecule has 0 saturated carbocycles. The van der Waals surface area contributed by atoms with E-state index in [2.05, 4.69) is 15.1 Å². The van der Waals surface area contributed by atoms with Crippen molar-refractivity contribution in [1.82, 2.24) is 29.0 Å². The molecule has 0 aliphatic carbocycles. The summed E-state index contributed by atoms with van der Waals surface area (Å²) in [6.45, 7) is -0.101. The smallest absolute Gasteiger partial charge is 0.277 e. The number of aryl methyl sites for hydroxylation is 2. The molecule has 31 heavy (non-hydrogen) atoms. The molecule has 0 unspecified atom stereocenters. The molecule has 0 radical (unpaired) electrons. The molecule has 2 N–H and O–H groups in total. The van der Waals surface area contributed by atoms with Gasteiger partial charge in [0.05, 0.1) is 16.2 Å². The standard InChI is InChI=1S/C20H26N6O4S/c1-4-5-15-17-18(25(3)23-15)20(28)22-19(21-17)14-12-13(6-7-16(14)27)31(29,30)26-10-8-24(2)9-11-26/h6-7,12,27H,4-5,8-11H2,1-3H3,(H,21,22,28)/i2D3. The van der Waals surface area contributed by atoms with E-state index in [0.29, 0.717) is 23.1 Å². The Morgan fingerprint density at radius 1 is 1.26 bits per heavy atom. The molecule has 4 rings (SSSR count). The summed E-state index contributed by atoms with van der Waals surface area (Å²) in [5.74, 6) is -0.209. The number of fused-ring (bicyclic) bond motifs is 1. The van der Waals surface area contributed by atoms with Crippen molar-refractivity contribution in [1.29, 1.82) is 0 Å². The zero-order valence-electron chi connectivity index (χ0n) is 20.3. The monoisotopic (exact) mass is 449 g/mol. The van der Waals surface area contributed by atoms with Gasteiger partial charge in [-0.05, 0) is 31.6 Å². The summed E-state index contributed by atoms with van der Waals surface area (Å²) < 4.78 is 51.6. The van der Waals surface area contributed by atoms with Crippen molar-refractivity contribution in [2.45, 2.75) is 24.7 Å². The minimum atomic E-state index is -3.97. The van der Waals surface area contributed by atoms with Gasteiger partial charge >= 0.3 is 0 Å². The normalized spacial score (nSPS) is 18.1.